The molecule has 0 amide bonds. The second kappa shape index (κ2) is 8.28. The van der Waals surface area contributed by atoms with Crippen LogP contribution in [0.4, 0.5) is 0 Å². The molecular formula is C7H12O4S2. The number of rotatable bonds is 8. The Morgan fingerprint density at radius 2 is 2.15 bits per heavy atom. The highest BCUT2D eigenvalue weighted by Gasteiger charge is 1.98. The van der Waals surface area contributed by atoms with Crippen LogP contribution in [0.3, 0.4) is 0 Å². The molecule has 0 unspecified atom stereocenters. The van der Waals surface area contributed by atoms with Gasteiger partial charge in [0.05, 0.1) is 12.2 Å². The van der Waals surface area contributed by atoms with Gasteiger partial charge < -0.3 is 9.99 Å². The third-order valence-electron chi connectivity index (χ3n) is 1.02. The van der Waals surface area contributed by atoms with E-state index in [9.17, 15) is 4.79 Å². The van der Waals surface area contributed by atoms with Crippen LogP contribution in [0.15, 0.2) is 12.3 Å². The molecule has 0 rings (SSSR count). The minimum atomic E-state index is -0.777. The predicted octanol–water partition coefficient (Wildman–Crippen LogP) is 1.89. The predicted molar refractivity (Wildman–Crippen MR) is 54.9 cm³/mol. The third-order valence-corrected chi connectivity index (χ3v) is 3.37. The Hall–Kier alpha value is -0.330. The molecule has 0 spiro atoms. The first-order valence-electron chi connectivity index (χ1n) is 3.53. The van der Waals surface area contributed by atoms with Crippen molar-refractivity contribution in [2.45, 2.75) is 6.42 Å². The van der Waals surface area contributed by atoms with Gasteiger partial charge in [-0.3, -0.25) is 4.79 Å². The average molecular weight is 224 g/mol. The summed E-state index contributed by atoms with van der Waals surface area (Å²) in [5.41, 5.74) is 0. The summed E-state index contributed by atoms with van der Waals surface area (Å²) in [5.74, 6) is 0.662. The van der Waals surface area contributed by atoms with E-state index in [1.165, 1.54) is 23.5 Å². The van der Waals surface area contributed by atoms with Crippen molar-refractivity contribution >= 4 is 29.5 Å². The van der Waals surface area contributed by atoms with E-state index in [2.05, 4.69) is 11.5 Å². The van der Waals surface area contributed by atoms with Crippen LogP contribution in [0.25, 0.3) is 0 Å². The molecule has 0 aliphatic carbocycles. The lowest BCUT2D eigenvalue weighted by atomic mass is 10.5. The first kappa shape index (κ1) is 12.7. The summed E-state index contributed by atoms with van der Waals surface area (Å²) in [4.78, 5) is 14.0. The van der Waals surface area contributed by atoms with E-state index in [4.69, 9.17) is 10.4 Å². The Morgan fingerprint density at radius 3 is 2.69 bits per heavy atom. The molecule has 4 nitrogen and oxygen atoms in total. The molecule has 0 aliphatic rings. The van der Waals surface area contributed by atoms with Gasteiger partial charge in [-0.1, -0.05) is 6.58 Å². The molecule has 0 aromatic heterocycles. The summed E-state index contributed by atoms with van der Waals surface area (Å²) in [5, 5.41) is 17.2. The summed E-state index contributed by atoms with van der Waals surface area (Å²) >= 11 is 3.06. The summed E-state index contributed by atoms with van der Waals surface area (Å²) in [6.07, 6.45) is 0.183. The van der Waals surface area contributed by atoms with Gasteiger partial charge in [0, 0.05) is 10.8 Å². The zero-order valence-corrected chi connectivity index (χ0v) is 8.70. The molecule has 0 atom stereocenters. The fourth-order valence-corrected chi connectivity index (χ4v) is 2.33. The quantitative estimate of drug-likeness (QED) is 0.216. The number of carbonyl (C=O) groups is 1. The molecule has 0 aliphatic heterocycles. The van der Waals surface area contributed by atoms with Crippen molar-refractivity contribution in [1.29, 1.82) is 0 Å². The van der Waals surface area contributed by atoms with E-state index in [0.29, 0.717) is 17.3 Å². The lowest BCUT2D eigenvalue weighted by Gasteiger charge is -2.00. The molecular weight excluding hydrogens is 212 g/mol. The highest BCUT2D eigenvalue weighted by molar-refractivity contribution is 8.16. The molecule has 0 heterocycles. The zero-order chi connectivity index (χ0) is 10.1. The number of thioether (sulfide) groups is 2. The van der Waals surface area contributed by atoms with E-state index in [-0.39, 0.29) is 6.42 Å². The van der Waals surface area contributed by atoms with E-state index in [0.717, 1.165) is 5.08 Å². The Bertz CT molecular complexity index is 172. The van der Waals surface area contributed by atoms with Crippen LogP contribution >= 0.6 is 23.5 Å². The van der Waals surface area contributed by atoms with Crippen molar-refractivity contribution in [3.63, 3.8) is 0 Å². The number of carboxylic acids is 1. The van der Waals surface area contributed by atoms with Gasteiger partial charge in [0.15, 0.2) is 0 Å². The van der Waals surface area contributed by atoms with Gasteiger partial charge in [0.2, 0.25) is 0 Å². The van der Waals surface area contributed by atoms with E-state index < -0.39 is 5.97 Å². The van der Waals surface area contributed by atoms with Crippen LogP contribution in [0.2, 0.25) is 0 Å². The highest BCUT2D eigenvalue weighted by Crippen LogP contribution is 2.15. The van der Waals surface area contributed by atoms with Crippen molar-refractivity contribution in [3.05, 3.63) is 12.3 Å². The van der Waals surface area contributed by atoms with E-state index in [1.807, 2.05) is 0 Å². The van der Waals surface area contributed by atoms with Gasteiger partial charge in [-0.2, -0.15) is 11.8 Å². The number of aliphatic carboxylic acids is 1. The molecule has 0 saturated heterocycles. The van der Waals surface area contributed by atoms with E-state index >= 15 is 0 Å². The largest absolute Gasteiger partial charge is 0.481 e. The van der Waals surface area contributed by atoms with Gasteiger partial charge in [-0.25, -0.2) is 5.26 Å². The lowest BCUT2D eigenvalue weighted by molar-refractivity contribution is -0.201. The van der Waals surface area contributed by atoms with Crippen molar-refractivity contribution < 1.29 is 20.0 Å². The van der Waals surface area contributed by atoms with Crippen molar-refractivity contribution in [1.82, 2.24) is 0 Å². The Labute approximate surface area is 85.3 Å². The molecule has 13 heavy (non-hydrogen) atoms. The van der Waals surface area contributed by atoms with Crippen LogP contribution in [0.1, 0.15) is 6.42 Å². The molecule has 0 fully saturated rings. The number of carboxylic acid groups (broad SMARTS) is 1. The summed E-state index contributed by atoms with van der Waals surface area (Å²) in [7, 11) is 0. The van der Waals surface area contributed by atoms with Crippen LogP contribution in [0, 0.1) is 0 Å². The number of hydrogen-bond acceptors (Lipinski definition) is 5. The average Bonchev–Trinajstić information content (AvgIpc) is 2.10. The minimum absolute atomic E-state index is 0.183. The molecule has 0 radical (unpaired) electrons. The first-order chi connectivity index (χ1) is 6.16. The standard InChI is InChI=1S/C7H12O4S2/c1-6(11-10)4-13-5-12-3-2-7(8)9/h10H,1-5H2,(H,8,9). The van der Waals surface area contributed by atoms with Crippen molar-refractivity contribution in [3.8, 4) is 0 Å². The van der Waals surface area contributed by atoms with Crippen LogP contribution in [0.5, 0.6) is 0 Å². The van der Waals surface area contributed by atoms with Gasteiger partial charge in [0.1, 0.15) is 5.76 Å². The molecule has 6 heteroatoms. The maximum Gasteiger partial charge on any atom is 0.304 e. The van der Waals surface area contributed by atoms with E-state index in [1.54, 1.807) is 0 Å². The normalized spacial score (nSPS) is 9.62. The van der Waals surface area contributed by atoms with Gasteiger partial charge in [-0.15, -0.1) is 11.8 Å². The summed E-state index contributed by atoms with van der Waals surface area (Å²) in [6, 6.07) is 0. The van der Waals surface area contributed by atoms with Crippen molar-refractivity contribution in [2.24, 2.45) is 0 Å². The van der Waals surface area contributed by atoms with Crippen LogP contribution in [-0.4, -0.2) is 32.9 Å². The minimum Gasteiger partial charge on any atom is -0.481 e. The second-order valence-corrected chi connectivity index (χ2v) is 4.60. The molecule has 0 bridgehead atoms. The summed E-state index contributed by atoms with van der Waals surface area (Å²) in [6.45, 7) is 3.42. The van der Waals surface area contributed by atoms with Gasteiger partial charge >= 0.3 is 5.97 Å². The Morgan fingerprint density at radius 1 is 1.46 bits per heavy atom. The Balaban J connectivity index is 3.08. The molecule has 2 N–H and O–H groups in total. The second-order valence-electron chi connectivity index (χ2n) is 2.15. The monoisotopic (exact) mass is 224 g/mol. The molecule has 0 aromatic carbocycles. The van der Waals surface area contributed by atoms with Gasteiger partial charge in [0.25, 0.3) is 0 Å². The lowest BCUT2D eigenvalue weighted by Crippen LogP contribution is -1.96. The smallest absolute Gasteiger partial charge is 0.304 e. The van der Waals surface area contributed by atoms with Gasteiger partial charge in [-0.05, 0) is 0 Å². The topological polar surface area (TPSA) is 66.8 Å². The SMILES string of the molecule is C=C(CSCSCCC(=O)O)OO. The fourth-order valence-electron chi connectivity index (χ4n) is 0.459. The van der Waals surface area contributed by atoms with Crippen molar-refractivity contribution in [2.75, 3.05) is 16.6 Å². The highest BCUT2D eigenvalue weighted by atomic mass is 32.2. The first-order valence-corrected chi connectivity index (χ1v) is 5.84. The maximum atomic E-state index is 10.1. The molecule has 76 valence electrons. The summed E-state index contributed by atoms with van der Waals surface area (Å²) < 4.78 is 0. The molecule has 0 saturated carbocycles. The fraction of sp³-hybridized carbons (Fsp3) is 0.571. The zero-order valence-electron chi connectivity index (χ0n) is 7.06. The van der Waals surface area contributed by atoms with Crippen LogP contribution < -0.4 is 0 Å². The Kier molecular flexibility index (Phi) is 8.07. The van der Waals surface area contributed by atoms with Crippen LogP contribution in [-0.2, 0) is 9.68 Å². The third kappa shape index (κ3) is 9.59. The number of hydrogen-bond donors (Lipinski definition) is 2. The molecule has 0 aromatic rings. The maximum absolute atomic E-state index is 10.1.